The molecule has 0 radical (unpaired) electrons. The number of rotatable bonds is 5. The largest absolute Gasteiger partial charge is 0.352 e. The van der Waals surface area contributed by atoms with Crippen LogP contribution in [0.25, 0.3) is 0 Å². The summed E-state index contributed by atoms with van der Waals surface area (Å²) in [5.74, 6) is 0.968. The van der Waals surface area contributed by atoms with Gasteiger partial charge >= 0.3 is 0 Å². The van der Waals surface area contributed by atoms with Crippen molar-refractivity contribution in [3.8, 4) is 0 Å². The molecule has 17 heavy (non-hydrogen) atoms. The maximum absolute atomic E-state index is 12.4. The van der Waals surface area contributed by atoms with Crippen molar-refractivity contribution >= 4 is 5.91 Å². The third-order valence-electron chi connectivity index (χ3n) is 4.57. The summed E-state index contributed by atoms with van der Waals surface area (Å²) in [6, 6.07) is 0.354. The standard InChI is InChI=1S/C14H26N2O/c1-3-8-14(9-5-10-15-14)13(17)16-11(2)12-6-4-7-12/h11-12,15H,3-10H2,1-2H3,(H,16,17). The second-order valence-corrected chi connectivity index (χ2v) is 5.82. The lowest BCUT2D eigenvalue weighted by atomic mass is 9.80. The maximum Gasteiger partial charge on any atom is 0.240 e. The summed E-state index contributed by atoms with van der Waals surface area (Å²) in [4.78, 5) is 12.4. The third kappa shape index (κ3) is 2.65. The molecule has 98 valence electrons. The molecule has 0 aromatic carbocycles. The molecular weight excluding hydrogens is 212 g/mol. The fourth-order valence-electron chi connectivity index (χ4n) is 3.16. The highest BCUT2D eigenvalue weighted by Crippen LogP contribution is 2.30. The molecule has 0 spiro atoms. The molecule has 2 rings (SSSR count). The van der Waals surface area contributed by atoms with E-state index in [-0.39, 0.29) is 11.4 Å². The summed E-state index contributed by atoms with van der Waals surface area (Å²) in [6.07, 6.45) is 8.08. The van der Waals surface area contributed by atoms with Crippen LogP contribution in [0.4, 0.5) is 0 Å². The minimum atomic E-state index is -0.257. The Balaban J connectivity index is 1.91. The fourth-order valence-corrected chi connectivity index (χ4v) is 3.16. The lowest BCUT2D eigenvalue weighted by Crippen LogP contribution is -2.56. The van der Waals surface area contributed by atoms with E-state index in [1.54, 1.807) is 0 Å². The van der Waals surface area contributed by atoms with E-state index >= 15 is 0 Å². The van der Waals surface area contributed by atoms with Crippen molar-refractivity contribution < 1.29 is 4.79 Å². The second-order valence-electron chi connectivity index (χ2n) is 5.82. The molecule has 3 heteroatoms. The third-order valence-corrected chi connectivity index (χ3v) is 4.57. The predicted molar refractivity (Wildman–Crippen MR) is 69.8 cm³/mol. The van der Waals surface area contributed by atoms with Crippen molar-refractivity contribution in [2.75, 3.05) is 6.54 Å². The van der Waals surface area contributed by atoms with Gasteiger partial charge in [0.1, 0.15) is 0 Å². The smallest absolute Gasteiger partial charge is 0.240 e. The first-order valence-corrected chi connectivity index (χ1v) is 7.24. The number of hydrogen-bond donors (Lipinski definition) is 2. The van der Waals surface area contributed by atoms with Crippen LogP contribution in [-0.4, -0.2) is 24.0 Å². The summed E-state index contributed by atoms with van der Waals surface area (Å²) in [7, 11) is 0. The Morgan fingerprint density at radius 2 is 2.24 bits per heavy atom. The Morgan fingerprint density at radius 1 is 1.47 bits per heavy atom. The molecule has 3 nitrogen and oxygen atoms in total. The molecule has 0 aromatic heterocycles. The van der Waals surface area contributed by atoms with E-state index in [9.17, 15) is 4.79 Å². The van der Waals surface area contributed by atoms with Crippen LogP contribution in [0.5, 0.6) is 0 Å². The molecule has 1 heterocycles. The first-order valence-electron chi connectivity index (χ1n) is 7.24. The van der Waals surface area contributed by atoms with Gasteiger partial charge in [-0.2, -0.15) is 0 Å². The molecule has 1 aliphatic carbocycles. The highest BCUT2D eigenvalue weighted by molar-refractivity contribution is 5.86. The van der Waals surface area contributed by atoms with Gasteiger partial charge in [-0.15, -0.1) is 0 Å². The minimum absolute atomic E-state index is 0.247. The number of carbonyl (C=O) groups excluding carboxylic acids is 1. The zero-order valence-electron chi connectivity index (χ0n) is 11.2. The number of carbonyl (C=O) groups is 1. The molecule has 2 atom stereocenters. The quantitative estimate of drug-likeness (QED) is 0.771. The van der Waals surface area contributed by atoms with Crippen molar-refractivity contribution in [3.63, 3.8) is 0 Å². The second kappa shape index (κ2) is 5.38. The van der Waals surface area contributed by atoms with E-state index in [4.69, 9.17) is 0 Å². The summed E-state index contributed by atoms with van der Waals surface area (Å²) in [6.45, 7) is 5.31. The van der Waals surface area contributed by atoms with Crippen molar-refractivity contribution in [1.82, 2.24) is 10.6 Å². The van der Waals surface area contributed by atoms with E-state index in [0.717, 1.165) is 38.1 Å². The van der Waals surface area contributed by atoms with E-state index in [0.29, 0.717) is 6.04 Å². The topological polar surface area (TPSA) is 41.1 Å². The van der Waals surface area contributed by atoms with Gasteiger partial charge in [0.25, 0.3) is 0 Å². The van der Waals surface area contributed by atoms with E-state index in [1.807, 2.05) is 0 Å². The van der Waals surface area contributed by atoms with Crippen LogP contribution in [-0.2, 0) is 4.79 Å². The van der Waals surface area contributed by atoms with Gasteiger partial charge in [-0.3, -0.25) is 4.79 Å². The lowest BCUT2D eigenvalue weighted by molar-refractivity contribution is -0.128. The SMILES string of the molecule is CCCC1(C(=O)NC(C)C2CCC2)CCCN1. The highest BCUT2D eigenvalue weighted by atomic mass is 16.2. The Kier molecular flexibility index (Phi) is 4.08. The normalized spacial score (nSPS) is 30.9. The predicted octanol–water partition coefficient (Wildman–Crippen LogP) is 2.21. The maximum atomic E-state index is 12.4. The van der Waals surface area contributed by atoms with Gasteiger partial charge in [0.2, 0.25) is 5.91 Å². The summed E-state index contributed by atoms with van der Waals surface area (Å²) in [5, 5.41) is 6.69. The van der Waals surface area contributed by atoms with Crippen molar-refractivity contribution in [2.45, 2.75) is 70.4 Å². The van der Waals surface area contributed by atoms with Gasteiger partial charge in [0, 0.05) is 6.04 Å². The monoisotopic (exact) mass is 238 g/mol. The molecule has 0 aromatic rings. The van der Waals surface area contributed by atoms with Crippen molar-refractivity contribution in [1.29, 1.82) is 0 Å². The van der Waals surface area contributed by atoms with Crippen LogP contribution in [0.2, 0.25) is 0 Å². The molecule has 2 aliphatic rings. The molecule has 1 saturated heterocycles. The van der Waals surface area contributed by atoms with Gasteiger partial charge in [-0.25, -0.2) is 0 Å². The highest BCUT2D eigenvalue weighted by Gasteiger charge is 2.41. The summed E-state index contributed by atoms with van der Waals surface area (Å²) >= 11 is 0. The zero-order valence-corrected chi connectivity index (χ0v) is 11.2. The molecule has 1 aliphatic heterocycles. The van der Waals surface area contributed by atoms with E-state index < -0.39 is 0 Å². The van der Waals surface area contributed by atoms with Crippen LogP contribution in [0, 0.1) is 5.92 Å². The average Bonchev–Trinajstić information content (AvgIpc) is 2.65. The molecule has 1 saturated carbocycles. The molecule has 0 bridgehead atoms. The van der Waals surface area contributed by atoms with Crippen molar-refractivity contribution in [2.24, 2.45) is 5.92 Å². The van der Waals surface area contributed by atoms with E-state index in [2.05, 4.69) is 24.5 Å². The fraction of sp³-hybridized carbons (Fsp3) is 0.929. The molecule has 2 unspecified atom stereocenters. The first kappa shape index (κ1) is 12.9. The van der Waals surface area contributed by atoms with Crippen LogP contribution in [0.3, 0.4) is 0 Å². The molecule has 2 N–H and O–H groups in total. The minimum Gasteiger partial charge on any atom is -0.352 e. The van der Waals surface area contributed by atoms with Gasteiger partial charge in [0.15, 0.2) is 0 Å². The van der Waals surface area contributed by atoms with Crippen LogP contribution < -0.4 is 10.6 Å². The Hall–Kier alpha value is -0.570. The molecular formula is C14H26N2O. The Labute approximate surface area is 105 Å². The van der Waals surface area contributed by atoms with Crippen LogP contribution in [0.15, 0.2) is 0 Å². The molecule has 1 amide bonds. The van der Waals surface area contributed by atoms with Gasteiger partial charge < -0.3 is 10.6 Å². The van der Waals surface area contributed by atoms with E-state index in [1.165, 1.54) is 19.3 Å². The number of nitrogens with one attached hydrogen (secondary N) is 2. The Morgan fingerprint density at radius 3 is 2.71 bits per heavy atom. The van der Waals surface area contributed by atoms with Gasteiger partial charge in [-0.1, -0.05) is 19.8 Å². The zero-order chi connectivity index (χ0) is 12.3. The average molecular weight is 238 g/mol. The summed E-state index contributed by atoms with van der Waals surface area (Å²) < 4.78 is 0. The van der Waals surface area contributed by atoms with Gasteiger partial charge in [0.05, 0.1) is 5.54 Å². The van der Waals surface area contributed by atoms with Crippen LogP contribution >= 0.6 is 0 Å². The number of amides is 1. The summed E-state index contributed by atoms with van der Waals surface area (Å²) in [5.41, 5.74) is -0.257. The van der Waals surface area contributed by atoms with Crippen molar-refractivity contribution in [3.05, 3.63) is 0 Å². The Bertz CT molecular complexity index is 267. The molecule has 2 fully saturated rings. The number of hydrogen-bond acceptors (Lipinski definition) is 2. The van der Waals surface area contributed by atoms with Crippen LogP contribution in [0.1, 0.15) is 58.8 Å². The lowest BCUT2D eigenvalue weighted by Gasteiger charge is -2.35. The first-order chi connectivity index (χ1) is 8.18. The van der Waals surface area contributed by atoms with Gasteiger partial charge in [-0.05, 0) is 51.5 Å².